The molecule has 0 bridgehead atoms. The molecule has 2 N–H and O–H groups in total. The van der Waals surface area contributed by atoms with Crippen LogP contribution in [0.3, 0.4) is 0 Å². The van der Waals surface area contributed by atoms with Gasteiger partial charge in [-0.25, -0.2) is 14.5 Å². The normalized spacial score (nSPS) is 21.9. The van der Waals surface area contributed by atoms with Crippen LogP contribution < -0.4 is 4.90 Å². The van der Waals surface area contributed by atoms with Crippen LogP contribution >= 0.6 is 0 Å². The van der Waals surface area contributed by atoms with E-state index < -0.39 is 41.9 Å². The quantitative estimate of drug-likeness (QED) is 0.361. The van der Waals surface area contributed by atoms with Gasteiger partial charge in [0.2, 0.25) is 0 Å². The van der Waals surface area contributed by atoms with Gasteiger partial charge in [-0.3, -0.25) is 14.5 Å². The second kappa shape index (κ2) is 9.33. The number of urea groups is 1. The van der Waals surface area contributed by atoms with Gasteiger partial charge in [0, 0.05) is 29.6 Å². The van der Waals surface area contributed by atoms with E-state index >= 15 is 0 Å². The number of likely N-dealkylation sites (tertiary alicyclic amines) is 1. The molecular formula is C32H28N4O5. The third-order valence-corrected chi connectivity index (χ3v) is 8.62. The summed E-state index contributed by atoms with van der Waals surface area (Å²) in [5.74, 6) is -1.96. The first-order valence-electron chi connectivity index (χ1n) is 13.8. The number of carboxylic acids is 1. The van der Waals surface area contributed by atoms with Gasteiger partial charge in [0.15, 0.2) is 0 Å². The Hall–Kier alpha value is -4.92. The summed E-state index contributed by atoms with van der Waals surface area (Å²) >= 11 is 0. The molecule has 3 aliphatic heterocycles. The summed E-state index contributed by atoms with van der Waals surface area (Å²) in [6.45, 7) is 2.30. The second-order valence-corrected chi connectivity index (χ2v) is 11.0. The molecular weight excluding hydrogens is 520 g/mol. The number of amides is 4. The molecule has 0 saturated carbocycles. The summed E-state index contributed by atoms with van der Waals surface area (Å²) in [5, 5.41) is 10.7. The van der Waals surface area contributed by atoms with Crippen molar-refractivity contribution in [3.05, 3.63) is 101 Å². The van der Waals surface area contributed by atoms with Gasteiger partial charge in [-0.05, 0) is 49.1 Å². The van der Waals surface area contributed by atoms with Crippen molar-refractivity contribution in [3.63, 3.8) is 0 Å². The van der Waals surface area contributed by atoms with Gasteiger partial charge in [0.05, 0.1) is 11.3 Å². The van der Waals surface area contributed by atoms with Crippen molar-refractivity contribution in [2.24, 2.45) is 0 Å². The van der Waals surface area contributed by atoms with Crippen LogP contribution in [-0.2, 0) is 16.0 Å². The number of rotatable bonds is 4. The van der Waals surface area contributed by atoms with Crippen LogP contribution in [0.25, 0.3) is 10.9 Å². The minimum atomic E-state index is -1.06. The first kappa shape index (κ1) is 25.1. The SMILES string of the molecule is Cc1ccc(C2c3[nH]c4ccccc4c3C[C@H]3C(=O)N(c4ccccc4C(=O)N4CCC[C@@H]4C(=O)O)C(=O)N23)cc1. The number of H-pyrrole nitrogens is 1. The third kappa shape index (κ3) is 3.76. The van der Waals surface area contributed by atoms with Crippen molar-refractivity contribution in [1.29, 1.82) is 0 Å². The largest absolute Gasteiger partial charge is 0.480 e. The van der Waals surface area contributed by atoms with E-state index in [1.165, 1.54) is 4.90 Å². The number of hydrogen-bond donors (Lipinski definition) is 2. The molecule has 3 aromatic carbocycles. The van der Waals surface area contributed by atoms with Crippen LogP contribution in [0.2, 0.25) is 0 Å². The van der Waals surface area contributed by atoms with Crippen LogP contribution in [0.5, 0.6) is 0 Å². The van der Waals surface area contributed by atoms with E-state index in [4.69, 9.17) is 0 Å². The Morgan fingerprint density at radius 1 is 0.951 bits per heavy atom. The number of aryl methyl sites for hydroxylation is 1. The Morgan fingerprint density at radius 2 is 1.68 bits per heavy atom. The molecule has 3 aliphatic rings. The standard InChI is InChI=1S/C32H28N4O5/c1-18-12-14-19(15-13-18)28-27-22(20-7-2-4-9-23(20)33-27)17-26-30(38)36(32(41)35(26)28)24-10-5-3-8-21(24)29(37)34-16-6-11-25(34)31(39)40/h2-5,7-10,12-15,25-26,28,33H,6,11,16-17H2,1H3,(H,39,40)/t25-,26+,28?/m1/s1. The summed E-state index contributed by atoms with van der Waals surface area (Å²) in [6.07, 6.45) is 1.28. The van der Waals surface area contributed by atoms with Crippen molar-refractivity contribution in [1.82, 2.24) is 14.8 Å². The number of nitrogens with one attached hydrogen (secondary N) is 1. The lowest BCUT2D eigenvalue weighted by Gasteiger charge is -2.36. The van der Waals surface area contributed by atoms with Gasteiger partial charge in [0.1, 0.15) is 18.1 Å². The van der Waals surface area contributed by atoms with Gasteiger partial charge < -0.3 is 15.0 Å². The molecule has 4 heterocycles. The topological polar surface area (TPSA) is 114 Å². The highest BCUT2D eigenvalue weighted by molar-refractivity contribution is 6.24. The molecule has 9 nitrogen and oxygen atoms in total. The Balaban J connectivity index is 1.34. The zero-order valence-corrected chi connectivity index (χ0v) is 22.4. The minimum absolute atomic E-state index is 0.137. The number of hydrogen-bond acceptors (Lipinski definition) is 4. The summed E-state index contributed by atoms with van der Waals surface area (Å²) in [7, 11) is 0. The molecule has 4 amide bonds. The van der Waals surface area contributed by atoms with E-state index in [2.05, 4.69) is 4.98 Å². The van der Waals surface area contributed by atoms with Crippen LogP contribution in [-0.4, -0.2) is 62.3 Å². The predicted molar refractivity (Wildman–Crippen MR) is 152 cm³/mol. The molecule has 3 atom stereocenters. The minimum Gasteiger partial charge on any atom is -0.480 e. The second-order valence-electron chi connectivity index (χ2n) is 11.0. The Labute approximate surface area is 236 Å². The number of benzene rings is 3. The lowest BCUT2D eigenvalue weighted by molar-refractivity contribution is -0.141. The number of carbonyl (C=O) groups excluding carboxylic acids is 3. The molecule has 41 heavy (non-hydrogen) atoms. The van der Waals surface area contributed by atoms with E-state index in [0.717, 1.165) is 38.2 Å². The highest BCUT2D eigenvalue weighted by Crippen LogP contribution is 2.45. The van der Waals surface area contributed by atoms with Gasteiger partial charge >= 0.3 is 12.0 Å². The Bertz CT molecular complexity index is 1740. The molecule has 0 aliphatic carbocycles. The lowest BCUT2D eigenvalue weighted by Crippen LogP contribution is -2.44. The Kier molecular flexibility index (Phi) is 5.71. The number of carboxylic acid groups (broad SMARTS) is 1. The molecule has 1 aromatic heterocycles. The summed E-state index contributed by atoms with van der Waals surface area (Å²) in [5.41, 5.74) is 5.09. The zero-order valence-electron chi connectivity index (χ0n) is 22.4. The number of aromatic nitrogens is 1. The smallest absolute Gasteiger partial charge is 0.332 e. The third-order valence-electron chi connectivity index (χ3n) is 8.62. The fraction of sp³-hybridized carbons (Fsp3) is 0.250. The zero-order chi connectivity index (χ0) is 28.4. The van der Waals surface area contributed by atoms with E-state index in [-0.39, 0.29) is 11.3 Å². The number of nitrogens with zero attached hydrogens (tertiary/aromatic N) is 3. The fourth-order valence-electron chi connectivity index (χ4n) is 6.66. The molecule has 2 fully saturated rings. The highest BCUT2D eigenvalue weighted by atomic mass is 16.4. The summed E-state index contributed by atoms with van der Waals surface area (Å²) in [6, 6.07) is 19.6. The number of para-hydroxylation sites is 2. The number of fused-ring (bicyclic) bond motifs is 4. The monoisotopic (exact) mass is 548 g/mol. The number of aliphatic carboxylic acids is 1. The fourth-order valence-corrected chi connectivity index (χ4v) is 6.66. The average molecular weight is 549 g/mol. The highest BCUT2D eigenvalue weighted by Gasteiger charge is 2.53. The van der Waals surface area contributed by atoms with Crippen molar-refractivity contribution in [2.45, 2.75) is 44.3 Å². The number of imide groups is 1. The first-order chi connectivity index (χ1) is 19.8. The Morgan fingerprint density at radius 3 is 2.46 bits per heavy atom. The molecule has 0 spiro atoms. The predicted octanol–water partition coefficient (Wildman–Crippen LogP) is 4.65. The summed E-state index contributed by atoms with van der Waals surface area (Å²) in [4.78, 5) is 61.5. The maximum Gasteiger partial charge on any atom is 0.332 e. The molecule has 1 unspecified atom stereocenters. The average Bonchev–Trinajstić information content (AvgIpc) is 3.67. The van der Waals surface area contributed by atoms with E-state index in [9.17, 15) is 24.3 Å². The van der Waals surface area contributed by atoms with E-state index in [1.807, 2.05) is 55.5 Å². The van der Waals surface area contributed by atoms with Crippen LogP contribution in [0.15, 0.2) is 72.8 Å². The van der Waals surface area contributed by atoms with Crippen molar-refractivity contribution >= 4 is 40.4 Å². The van der Waals surface area contributed by atoms with Gasteiger partial charge in [-0.2, -0.15) is 0 Å². The van der Waals surface area contributed by atoms with Crippen molar-refractivity contribution < 1.29 is 24.3 Å². The molecule has 0 radical (unpaired) electrons. The lowest BCUT2D eigenvalue weighted by atomic mass is 9.88. The van der Waals surface area contributed by atoms with Crippen LogP contribution in [0.1, 0.15) is 51.6 Å². The molecule has 2 saturated heterocycles. The van der Waals surface area contributed by atoms with Crippen molar-refractivity contribution in [3.8, 4) is 0 Å². The molecule has 206 valence electrons. The number of anilines is 1. The molecule has 7 rings (SSSR count). The van der Waals surface area contributed by atoms with Crippen LogP contribution in [0, 0.1) is 6.92 Å². The summed E-state index contributed by atoms with van der Waals surface area (Å²) < 4.78 is 0. The molecule has 9 heteroatoms. The number of aromatic amines is 1. The molecule has 4 aromatic rings. The van der Waals surface area contributed by atoms with E-state index in [0.29, 0.717) is 25.8 Å². The first-order valence-corrected chi connectivity index (χ1v) is 13.8. The van der Waals surface area contributed by atoms with Crippen molar-refractivity contribution in [2.75, 3.05) is 11.4 Å². The van der Waals surface area contributed by atoms with E-state index in [1.54, 1.807) is 29.2 Å². The van der Waals surface area contributed by atoms with Gasteiger partial charge in [0.25, 0.3) is 11.8 Å². The van der Waals surface area contributed by atoms with Gasteiger partial charge in [-0.1, -0.05) is 60.2 Å². The maximum absolute atomic E-state index is 14.3. The number of carbonyl (C=O) groups is 4. The maximum atomic E-state index is 14.3. The van der Waals surface area contributed by atoms with Gasteiger partial charge in [-0.15, -0.1) is 0 Å². The van der Waals surface area contributed by atoms with Crippen LogP contribution in [0.4, 0.5) is 10.5 Å².